The Morgan fingerprint density at radius 2 is 1.89 bits per heavy atom. The Morgan fingerprint density at radius 1 is 1.14 bits per heavy atom. The van der Waals surface area contributed by atoms with Crippen molar-refractivity contribution >= 4 is 29.9 Å². The van der Waals surface area contributed by atoms with Gasteiger partial charge in [0.25, 0.3) is 0 Å². The standard InChI is InChI=1S/C22H34N4O.HI/c1-16-3-5-18(6-4-16)15-26-11-9-17(10-12-26)14-24-22(23-2)25-20-13-19-7-8-21(20)27-19;/h3-6,17,19-21H,7-15H2,1-2H3,(H2,23,24,25);1H. The van der Waals surface area contributed by atoms with Crippen LogP contribution in [-0.2, 0) is 11.3 Å². The van der Waals surface area contributed by atoms with E-state index >= 15 is 0 Å². The summed E-state index contributed by atoms with van der Waals surface area (Å²) in [6.45, 7) is 6.61. The molecule has 1 aromatic rings. The first kappa shape index (κ1) is 21.8. The highest BCUT2D eigenvalue weighted by molar-refractivity contribution is 14.0. The zero-order chi connectivity index (χ0) is 18.6. The Kier molecular flexibility index (Phi) is 8.00. The summed E-state index contributed by atoms with van der Waals surface area (Å²) in [6, 6.07) is 9.39. The number of aryl methyl sites for hydroxylation is 1. The number of benzene rings is 1. The van der Waals surface area contributed by atoms with Crippen molar-refractivity contribution in [1.29, 1.82) is 0 Å². The van der Waals surface area contributed by atoms with Crippen LogP contribution in [0, 0.1) is 12.8 Å². The first-order chi connectivity index (χ1) is 13.2. The van der Waals surface area contributed by atoms with Crippen LogP contribution in [0.2, 0.25) is 0 Å². The van der Waals surface area contributed by atoms with Crippen LogP contribution in [-0.4, -0.2) is 55.8 Å². The minimum absolute atomic E-state index is 0. The predicted octanol–water partition coefficient (Wildman–Crippen LogP) is 3.31. The lowest BCUT2D eigenvalue weighted by molar-refractivity contribution is 0.0992. The van der Waals surface area contributed by atoms with Gasteiger partial charge in [0.05, 0.1) is 18.2 Å². The number of likely N-dealkylation sites (tertiary alicyclic amines) is 1. The molecule has 3 atom stereocenters. The molecule has 0 spiro atoms. The fraction of sp³-hybridized carbons (Fsp3) is 0.682. The van der Waals surface area contributed by atoms with E-state index in [2.05, 4.69) is 51.7 Å². The summed E-state index contributed by atoms with van der Waals surface area (Å²) < 4.78 is 5.94. The molecule has 0 radical (unpaired) electrons. The normalized spacial score (nSPS) is 28.2. The number of hydrogen-bond acceptors (Lipinski definition) is 3. The van der Waals surface area contributed by atoms with Crippen LogP contribution in [0.25, 0.3) is 0 Å². The van der Waals surface area contributed by atoms with Gasteiger partial charge in [0.1, 0.15) is 0 Å². The number of guanidine groups is 1. The molecule has 4 rings (SSSR count). The van der Waals surface area contributed by atoms with Gasteiger partial charge in [0.15, 0.2) is 5.96 Å². The third kappa shape index (κ3) is 5.60. The molecule has 0 aromatic heterocycles. The van der Waals surface area contributed by atoms with Crippen LogP contribution in [0.5, 0.6) is 0 Å². The van der Waals surface area contributed by atoms with Gasteiger partial charge in [-0.3, -0.25) is 9.89 Å². The molecule has 156 valence electrons. The van der Waals surface area contributed by atoms with Crippen molar-refractivity contribution in [1.82, 2.24) is 15.5 Å². The average Bonchev–Trinajstić information content (AvgIpc) is 3.31. The van der Waals surface area contributed by atoms with E-state index in [1.807, 2.05) is 7.05 Å². The third-order valence-corrected chi connectivity index (χ3v) is 6.44. The number of ether oxygens (including phenoxy) is 1. The summed E-state index contributed by atoms with van der Waals surface area (Å²) in [5, 5.41) is 7.15. The predicted molar refractivity (Wildman–Crippen MR) is 125 cm³/mol. The number of halogens is 1. The number of nitrogens with zero attached hydrogens (tertiary/aromatic N) is 2. The molecule has 0 amide bonds. The molecule has 3 fully saturated rings. The molecule has 3 aliphatic rings. The van der Waals surface area contributed by atoms with Gasteiger partial charge in [-0.15, -0.1) is 24.0 Å². The first-order valence-electron chi connectivity index (χ1n) is 10.6. The number of nitrogens with one attached hydrogen (secondary N) is 2. The van der Waals surface area contributed by atoms with Gasteiger partial charge < -0.3 is 15.4 Å². The Bertz CT molecular complexity index is 642. The molecule has 3 heterocycles. The molecule has 28 heavy (non-hydrogen) atoms. The Labute approximate surface area is 186 Å². The molecule has 2 bridgehead atoms. The average molecular weight is 498 g/mol. The van der Waals surface area contributed by atoms with Crippen LogP contribution in [0.1, 0.15) is 43.2 Å². The summed E-state index contributed by atoms with van der Waals surface area (Å²) in [5.74, 6) is 1.67. The monoisotopic (exact) mass is 498 g/mol. The second-order valence-electron chi connectivity index (χ2n) is 8.52. The maximum Gasteiger partial charge on any atom is 0.191 e. The second-order valence-corrected chi connectivity index (χ2v) is 8.52. The van der Waals surface area contributed by atoms with Crippen molar-refractivity contribution in [3.63, 3.8) is 0 Å². The SMILES string of the molecule is CN=C(NCC1CCN(Cc2ccc(C)cc2)CC1)NC1CC2CCC1O2.I. The van der Waals surface area contributed by atoms with Crippen LogP contribution in [0.3, 0.4) is 0 Å². The smallest absolute Gasteiger partial charge is 0.191 e. The molecule has 2 N–H and O–H groups in total. The van der Waals surface area contributed by atoms with Crippen molar-refractivity contribution in [3.8, 4) is 0 Å². The van der Waals surface area contributed by atoms with Crippen LogP contribution < -0.4 is 10.6 Å². The van der Waals surface area contributed by atoms with Crippen molar-refractivity contribution in [2.24, 2.45) is 10.9 Å². The molecule has 3 saturated heterocycles. The van der Waals surface area contributed by atoms with Crippen molar-refractivity contribution in [2.45, 2.75) is 63.8 Å². The van der Waals surface area contributed by atoms with Crippen LogP contribution in [0.4, 0.5) is 0 Å². The number of aliphatic imine (C=N–C) groups is 1. The molecule has 6 heteroatoms. The number of hydrogen-bond donors (Lipinski definition) is 2. The zero-order valence-corrected chi connectivity index (χ0v) is 19.5. The maximum atomic E-state index is 5.94. The molecule has 1 aromatic carbocycles. The molecule has 3 aliphatic heterocycles. The van der Waals surface area contributed by atoms with E-state index < -0.39 is 0 Å². The Hall–Kier alpha value is -0.860. The van der Waals surface area contributed by atoms with E-state index in [0.29, 0.717) is 18.2 Å². The zero-order valence-electron chi connectivity index (χ0n) is 17.2. The van der Waals surface area contributed by atoms with E-state index in [-0.39, 0.29) is 24.0 Å². The van der Waals surface area contributed by atoms with E-state index in [4.69, 9.17) is 4.74 Å². The number of fused-ring (bicyclic) bond motifs is 2. The van der Waals surface area contributed by atoms with Crippen molar-refractivity contribution in [2.75, 3.05) is 26.7 Å². The quantitative estimate of drug-likeness (QED) is 0.372. The molecule has 3 unspecified atom stereocenters. The van der Waals surface area contributed by atoms with E-state index in [9.17, 15) is 0 Å². The highest BCUT2D eigenvalue weighted by atomic mass is 127. The fourth-order valence-electron chi connectivity index (χ4n) is 4.70. The lowest BCUT2D eigenvalue weighted by Crippen LogP contribution is -2.49. The highest BCUT2D eigenvalue weighted by Crippen LogP contribution is 2.34. The highest BCUT2D eigenvalue weighted by Gasteiger charge is 2.41. The van der Waals surface area contributed by atoms with Gasteiger partial charge in [-0.25, -0.2) is 0 Å². The van der Waals surface area contributed by atoms with Crippen LogP contribution in [0.15, 0.2) is 29.3 Å². The lowest BCUT2D eigenvalue weighted by atomic mass is 9.95. The lowest BCUT2D eigenvalue weighted by Gasteiger charge is -2.32. The largest absolute Gasteiger partial charge is 0.373 e. The number of rotatable bonds is 5. The maximum absolute atomic E-state index is 5.94. The van der Waals surface area contributed by atoms with Gasteiger partial charge >= 0.3 is 0 Å². The Balaban J connectivity index is 0.00000225. The van der Waals surface area contributed by atoms with E-state index in [0.717, 1.165) is 31.4 Å². The minimum Gasteiger partial charge on any atom is -0.373 e. The number of piperidine rings is 1. The first-order valence-corrected chi connectivity index (χ1v) is 10.6. The molecular formula is C22H35IN4O. The molecule has 5 nitrogen and oxygen atoms in total. The summed E-state index contributed by atoms with van der Waals surface area (Å²) in [4.78, 5) is 7.01. The summed E-state index contributed by atoms with van der Waals surface area (Å²) >= 11 is 0. The minimum atomic E-state index is 0. The third-order valence-electron chi connectivity index (χ3n) is 6.44. The van der Waals surface area contributed by atoms with E-state index in [1.165, 1.54) is 49.9 Å². The summed E-state index contributed by atoms with van der Waals surface area (Å²) in [6.07, 6.45) is 6.93. The van der Waals surface area contributed by atoms with Gasteiger partial charge in [0.2, 0.25) is 0 Å². The van der Waals surface area contributed by atoms with E-state index in [1.54, 1.807) is 0 Å². The molecule has 0 aliphatic carbocycles. The van der Waals surface area contributed by atoms with Gasteiger partial charge in [0, 0.05) is 20.1 Å². The molecular weight excluding hydrogens is 463 g/mol. The van der Waals surface area contributed by atoms with Crippen LogP contribution >= 0.6 is 24.0 Å². The fourth-order valence-corrected chi connectivity index (χ4v) is 4.70. The molecule has 0 saturated carbocycles. The van der Waals surface area contributed by atoms with Gasteiger partial charge in [-0.2, -0.15) is 0 Å². The summed E-state index contributed by atoms with van der Waals surface area (Å²) in [7, 11) is 1.87. The van der Waals surface area contributed by atoms with Gasteiger partial charge in [-0.05, 0) is 63.6 Å². The van der Waals surface area contributed by atoms with Crippen molar-refractivity contribution < 1.29 is 4.74 Å². The van der Waals surface area contributed by atoms with Gasteiger partial charge in [-0.1, -0.05) is 29.8 Å². The topological polar surface area (TPSA) is 48.9 Å². The summed E-state index contributed by atoms with van der Waals surface area (Å²) in [5.41, 5.74) is 2.76. The Morgan fingerprint density at radius 3 is 2.50 bits per heavy atom. The van der Waals surface area contributed by atoms with Crippen molar-refractivity contribution in [3.05, 3.63) is 35.4 Å². The second kappa shape index (κ2) is 10.3.